The molecule has 0 saturated heterocycles. The Bertz CT molecular complexity index is 607. The summed E-state index contributed by atoms with van der Waals surface area (Å²) in [5.41, 5.74) is 1.56. The lowest BCUT2D eigenvalue weighted by Crippen LogP contribution is -2.40. The van der Waals surface area contributed by atoms with Crippen molar-refractivity contribution >= 4 is 17.7 Å². The third-order valence-electron chi connectivity index (χ3n) is 3.99. The van der Waals surface area contributed by atoms with E-state index in [1.165, 1.54) is 0 Å². The highest BCUT2D eigenvalue weighted by molar-refractivity contribution is 5.89. The van der Waals surface area contributed by atoms with Crippen molar-refractivity contribution in [2.45, 2.75) is 38.6 Å². The zero-order chi connectivity index (χ0) is 17.5. The molecule has 6 heteroatoms. The van der Waals surface area contributed by atoms with Crippen LogP contribution < -0.4 is 15.4 Å². The van der Waals surface area contributed by atoms with Crippen LogP contribution in [0.1, 0.15) is 32.6 Å². The maximum absolute atomic E-state index is 12.1. The molecule has 0 radical (unpaired) electrons. The molecule has 6 nitrogen and oxygen atoms in total. The van der Waals surface area contributed by atoms with Crippen molar-refractivity contribution in [3.63, 3.8) is 0 Å². The summed E-state index contributed by atoms with van der Waals surface area (Å²) >= 11 is 0. The summed E-state index contributed by atoms with van der Waals surface area (Å²) in [6, 6.07) is 6.90. The Balaban J connectivity index is 1.81. The molecule has 0 unspecified atom stereocenters. The molecule has 0 atom stereocenters. The minimum Gasteiger partial charge on any atom is -0.489 e. The van der Waals surface area contributed by atoms with E-state index in [2.05, 4.69) is 17.2 Å². The van der Waals surface area contributed by atoms with Crippen LogP contribution in [0.3, 0.4) is 0 Å². The molecule has 2 amide bonds. The van der Waals surface area contributed by atoms with Crippen LogP contribution in [0, 0.1) is 5.92 Å². The number of benzene rings is 1. The standard InChI is InChI=1S/C18H24N2O4/c1-12(2)11-24-16-5-3-4-15(10-16)20-18(23)19-14-8-6-13(7-9-14)17(21)22/h3-5,10,13-14H,1,6-9,11H2,2H3,(H,21,22)(H2,19,20,23). The van der Waals surface area contributed by atoms with E-state index < -0.39 is 5.97 Å². The van der Waals surface area contributed by atoms with Crippen LogP contribution in [-0.2, 0) is 4.79 Å². The van der Waals surface area contributed by atoms with E-state index >= 15 is 0 Å². The Morgan fingerprint density at radius 1 is 1.29 bits per heavy atom. The fourth-order valence-corrected chi connectivity index (χ4v) is 2.71. The molecule has 1 aliphatic rings. The molecule has 0 heterocycles. The van der Waals surface area contributed by atoms with Gasteiger partial charge in [-0.3, -0.25) is 4.79 Å². The molecule has 0 spiro atoms. The Labute approximate surface area is 141 Å². The zero-order valence-electron chi connectivity index (χ0n) is 13.9. The fourth-order valence-electron chi connectivity index (χ4n) is 2.71. The molecular formula is C18H24N2O4. The second kappa shape index (κ2) is 8.38. The normalized spacial score (nSPS) is 20.0. The average Bonchev–Trinajstić information content (AvgIpc) is 2.53. The first-order chi connectivity index (χ1) is 11.4. The van der Waals surface area contributed by atoms with Crippen LogP contribution in [0.25, 0.3) is 0 Å². The quantitative estimate of drug-likeness (QED) is 0.697. The number of aliphatic carboxylic acids is 1. The van der Waals surface area contributed by atoms with E-state index in [4.69, 9.17) is 9.84 Å². The topological polar surface area (TPSA) is 87.7 Å². The Kier molecular flexibility index (Phi) is 6.23. The molecular weight excluding hydrogens is 308 g/mol. The molecule has 1 aliphatic carbocycles. The van der Waals surface area contributed by atoms with Crippen LogP contribution in [0.4, 0.5) is 10.5 Å². The van der Waals surface area contributed by atoms with Crippen molar-refractivity contribution in [1.29, 1.82) is 0 Å². The number of carbonyl (C=O) groups is 2. The Morgan fingerprint density at radius 2 is 2.00 bits per heavy atom. The van der Waals surface area contributed by atoms with Gasteiger partial charge in [-0.1, -0.05) is 12.6 Å². The summed E-state index contributed by atoms with van der Waals surface area (Å²) in [7, 11) is 0. The maximum atomic E-state index is 12.1. The van der Waals surface area contributed by atoms with Crippen LogP contribution in [-0.4, -0.2) is 29.8 Å². The number of carboxylic acids is 1. The molecule has 0 aromatic heterocycles. The number of carbonyl (C=O) groups excluding carboxylic acids is 1. The molecule has 1 aromatic carbocycles. The van der Waals surface area contributed by atoms with E-state index in [-0.39, 0.29) is 18.0 Å². The van der Waals surface area contributed by atoms with Crippen molar-refractivity contribution in [2.24, 2.45) is 5.92 Å². The summed E-state index contributed by atoms with van der Waals surface area (Å²) in [4.78, 5) is 23.0. The summed E-state index contributed by atoms with van der Waals surface area (Å²) in [5.74, 6) is -0.365. The maximum Gasteiger partial charge on any atom is 0.319 e. The zero-order valence-corrected chi connectivity index (χ0v) is 13.9. The number of rotatable bonds is 6. The molecule has 2 rings (SSSR count). The van der Waals surface area contributed by atoms with E-state index in [1.54, 1.807) is 18.2 Å². The van der Waals surface area contributed by atoms with Gasteiger partial charge in [0.15, 0.2) is 0 Å². The van der Waals surface area contributed by atoms with Gasteiger partial charge in [-0.25, -0.2) is 4.79 Å². The highest BCUT2D eigenvalue weighted by Crippen LogP contribution is 2.24. The monoisotopic (exact) mass is 332 g/mol. The third-order valence-corrected chi connectivity index (χ3v) is 3.99. The van der Waals surface area contributed by atoms with Gasteiger partial charge in [-0.2, -0.15) is 0 Å². The summed E-state index contributed by atoms with van der Waals surface area (Å²) in [5, 5.41) is 14.7. The summed E-state index contributed by atoms with van der Waals surface area (Å²) < 4.78 is 5.55. The van der Waals surface area contributed by atoms with Crippen LogP contribution >= 0.6 is 0 Å². The number of hydrogen-bond acceptors (Lipinski definition) is 3. The molecule has 3 N–H and O–H groups in total. The lowest BCUT2D eigenvalue weighted by molar-refractivity contribution is -0.142. The van der Waals surface area contributed by atoms with Gasteiger partial charge in [-0.15, -0.1) is 0 Å². The van der Waals surface area contributed by atoms with Crippen molar-refractivity contribution in [3.8, 4) is 5.75 Å². The molecule has 1 aromatic rings. The highest BCUT2D eigenvalue weighted by atomic mass is 16.5. The van der Waals surface area contributed by atoms with E-state index in [9.17, 15) is 9.59 Å². The number of ether oxygens (including phenoxy) is 1. The number of hydrogen-bond donors (Lipinski definition) is 3. The predicted octanol–water partition coefficient (Wildman–Crippen LogP) is 3.41. The van der Waals surface area contributed by atoms with Gasteiger partial charge in [0, 0.05) is 17.8 Å². The lowest BCUT2D eigenvalue weighted by atomic mass is 9.86. The number of urea groups is 1. The number of nitrogens with one attached hydrogen (secondary N) is 2. The average molecular weight is 332 g/mol. The van der Waals surface area contributed by atoms with Crippen LogP contribution in [0.15, 0.2) is 36.4 Å². The van der Waals surface area contributed by atoms with Crippen LogP contribution in [0.5, 0.6) is 5.75 Å². The first kappa shape index (κ1) is 17.8. The van der Waals surface area contributed by atoms with E-state index in [0.717, 1.165) is 5.57 Å². The SMILES string of the molecule is C=C(C)COc1cccc(NC(=O)NC2CCC(C(=O)O)CC2)c1. The Morgan fingerprint density at radius 3 is 2.62 bits per heavy atom. The molecule has 1 saturated carbocycles. The minimum atomic E-state index is -0.746. The van der Waals surface area contributed by atoms with Crippen LogP contribution in [0.2, 0.25) is 0 Å². The Hall–Kier alpha value is -2.50. The molecule has 0 bridgehead atoms. The molecule has 130 valence electrons. The second-order valence-corrected chi connectivity index (χ2v) is 6.26. The van der Waals surface area contributed by atoms with Crippen molar-refractivity contribution in [2.75, 3.05) is 11.9 Å². The first-order valence-electron chi connectivity index (χ1n) is 8.11. The lowest BCUT2D eigenvalue weighted by Gasteiger charge is -2.26. The van der Waals surface area contributed by atoms with Gasteiger partial charge in [0.2, 0.25) is 0 Å². The largest absolute Gasteiger partial charge is 0.489 e. The highest BCUT2D eigenvalue weighted by Gasteiger charge is 2.26. The van der Waals surface area contributed by atoms with Crippen molar-refractivity contribution < 1.29 is 19.4 Å². The number of carboxylic acid groups (broad SMARTS) is 1. The van der Waals surface area contributed by atoms with Gasteiger partial charge in [0.1, 0.15) is 12.4 Å². The second-order valence-electron chi connectivity index (χ2n) is 6.26. The molecule has 0 aliphatic heterocycles. The van der Waals surface area contributed by atoms with Gasteiger partial charge < -0.3 is 20.5 Å². The van der Waals surface area contributed by atoms with E-state index in [1.807, 2.05) is 13.0 Å². The van der Waals surface area contributed by atoms with Crippen molar-refractivity contribution in [3.05, 3.63) is 36.4 Å². The third kappa shape index (κ3) is 5.61. The van der Waals surface area contributed by atoms with Gasteiger partial charge in [0.05, 0.1) is 5.92 Å². The first-order valence-corrected chi connectivity index (χ1v) is 8.11. The molecule has 1 fully saturated rings. The predicted molar refractivity (Wildman–Crippen MR) is 92.3 cm³/mol. The molecule has 24 heavy (non-hydrogen) atoms. The van der Waals surface area contributed by atoms with E-state index in [0.29, 0.717) is 43.7 Å². The smallest absolute Gasteiger partial charge is 0.319 e. The van der Waals surface area contributed by atoms with Gasteiger partial charge in [-0.05, 0) is 50.3 Å². The van der Waals surface area contributed by atoms with Crippen molar-refractivity contribution in [1.82, 2.24) is 5.32 Å². The number of anilines is 1. The summed E-state index contributed by atoms with van der Waals surface area (Å²) in [6.45, 7) is 6.10. The van der Waals surface area contributed by atoms with Gasteiger partial charge in [0.25, 0.3) is 0 Å². The number of amides is 2. The summed E-state index contributed by atoms with van der Waals surface area (Å²) in [6.07, 6.45) is 2.58. The van der Waals surface area contributed by atoms with Gasteiger partial charge >= 0.3 is 12.0 Å². The minimum absolute atomic E-state index is 0.0171. The fraction of sp³-hybridized carbons (Fsp3) is 0.444.